The largest absolute Gasteiger partial charge is 0.508 e. The standard InChI is InChI=1S/C15H17NO3/c1-2-13-7-8-14(19-13)15(18)16-10-9-11-3-5-12(17)6-4-11/h3-8,17H,2,9-10H2,1H3,(H,16,18). The Morgan fingerprint density at radius 1 is 1.21 bits per heavy atom. The van der Waals surface area contributed by atoms with E-state index in [1.54, 1.807) is 18.2 Å². The van der Waals surface area contributed by atoms with Gasteiger partial charge in [0.1, 0.15) is 11.5 Å². The third-order valence-electron chi connectivity index (χ3n) is 2.87. The van der Waals surface area contributed by atoms with Crippen molar-refractivity contribution in [2.45, 2.75) is 19.8 Å². The van der Waals surface area contributed by atoms with Crippen molar-refractivity contribution in [3.63, 3.8) is 0 Å². The van der Waals surface area contributed by atoms with Gasteiger partial charge in [-0.2, -0.15) is 0 Å². The van der Waals surface area contributed by atoms with E-state index in [1.165, 1.54) is 0 Å². The molecule has 1 aromatic carbocycles. The van der Waals surface area contributed by atoms with E-state index in [-0.39, 0.29) is 11.7 Å². The summed E-state index contributed by atoms with van der Waals surface area (Å²) < 4.78 is 5.37. The maximum Gasteiger partial charge on any atom is 0.287 e. The molecule has 2 aromatic rings. The van der Waals surface area contributed by atoms with Gasteiger partial charge in [-0.25, -0.2) is 0 Å². The van der Waals surface area contributed by atoms with Gasteiger partial charge in [0.15, 0.2) is 5.76 Å². The molecule has 0 saturated carbocycles. The summed E-state index contributed by atoms with van der Waals surface area (Å²) in [7, 11) is 0. The second-order valence-corrected chi connectivity index (χ2v) is 4.29. The van der Waals surface area contributed by atoms with Crippen molar-refractivity contribution >= 4 is 5.91 Å². The van der Waals surface area contributed by atoms with E-state index >= 15 is 0 Å². The third-order valence-corrected chi connectivity index (χ3v) is 2.87. The highest BCUT2D eigenvalue weighted by molar-refractivity contribution is 5.91. The SMILES string of the molecule is CCc1ccc(C(=O)NCCc2ccc(O)cc2)o1. The van der Waals surface area contributed by atoms with Crippen LogP contribution in [0.4, 0.5) is 0 Å². The fourth-order valence-corrected chi connectivity index (χ4v) is 1.76. The van der Waals surface area contributed by atoms with E-state index in [0.29, 0.717) is 18.7 Å². The molecule has 2 N–H and O–H groups in total. The Morgan fingerprint density at radius 3 is 2.58 bits per heavy atom. The number of phenols is 1. The highest BCUT2D eigenvalue weighted by atomic mass is 16.3. The first-order chi connectivity index (χ1) is 9.19. The lowest BCUT2D eigenvalue weighted by molar-refractivity contribution is 0.0925. The van der Waals surface area contributed by atoms with Crippen molar-refractivity contribution < 1.29 is 14.3 Å². The maximum atomic E-state index is 11.8. The molecule has 2 rings (SSSR count). The average Bonchev–Trinajstić information content (AvgIpc) is 2.90. The molecule has 0 atom stereocenters. The zero-order valence-corrected chi connectivity index (χ0v) is 10.8. The van der Waals surface area contributed by atoms with Crippen LogP contribution in [-0.4, -0.2) is 17.6 Å². The second kappa shape index (κ2) is 6.09. The van der Waals surface area contributed by atoms with Gasteiger partial charge in [-0.05, 0) is 36.2 Å². The molecule has 0 unspecified atom stereocenters. The molecule has 0 saturated heterocycles. The molecule has 0 fully saturated rings. The average molecular weight is 259 g/mol. The number of hydrogen-bond donors (Lipinski definition) is 2. The Kier molecular flexibility index (Phi) is 4.23. The molecular formula is C15H17NO3. The fourth-order valence-electron chi connectivity index (χ4n) is 1.76. The van der Waals surface area contributed by atoms with Crippen molar-refractivity contribution in [2.24, 2.45) is 0 Å². The molecule has 100 valence electrons. The van der Waals surface area contributed by atoms with Gasteiger partial charge >= 0.3 is 0 Å². The number of furan rings is 1. The Bertz CT molecular complexity index is 543. The first kappa shape index (κ1) is 13.2. The number of carbonyl (C=O) groups excluding carboxylic acids is 1. The topological polar surface area (TPSA) is 62.5 Å². The number of hydrogen-bond acceptors (Lipinski definition) is 3. The van der Waals surface area contributed by atoms with Crippen molar-refractivity contribution in [3.8, 4) is 5.75 Å². The van der Waals surface area contributed by atoms with Gasteiger partial charge in [0.2, 0.25) is 0 Å². The fraction of sp³-hybridized carbons (Fsp3) is 0.267. The van der Waals surface area contributed by atoms with Gasteiger partial charge in [-0.3, -0.25) is 4.79 Å². The van der Waals surface area contributed by atoms with Crippen molar-refractivity contribution in [1.29, 1.82) is 0 Å². The predicted octanol–water partition coefficient (Wildman–Crippen LogP) is 2.52. The molecule has 0 spiro atoms. The monoisotopic (exact) mass is 259 g/mol. The molecule has 4 heteroatoms. The molecule has 0 aliphatic heterocycles. The van der Waals surface area contributed by atoms with Crippen LogP contribution in [0.5, 0.6) is 5.75 Å². The number of carbonyl (C=O) groups is 1. The lowest BCUT2D eigenvalue weighted by Gasteiger charge is -2.03. The van der Waals surface area contributed by atoms with Crippen LogP contribution in [0.2, 0.25) is 0 Å². The first-order valence-electron chi connectivity index (χ1n) is 6.34. The van der Waals surface area contributed by atoms with E-state index in [9.17, 15) is 4.79 Å². The summed E-state index contributed by atoms with van der Waals surface area (Å²) in [5, 5.41) is 12.0. The maximum absolute atomic E-state index is 11.8. The zero-order valence-electron chi connectivity index (χ0n) is 10.8. The Labute approximate surface area is 112 Å². The number of phenolic OH excluding ortho intramolecular Hbond substituents is 1. The minimum Gasteiger partial charge on any atom is -0.508 e. The smallest absolute Gasteiger partial charge is 0.287 e. The summed E-state index contributed by atoms with van der Waals surface area (Å²) in [6, 6.07) is 10.4. The van der Waals surface area contributed by atoms with Crippen LogP contribution in [0.25, 0.3) is 0 Å². The van der Waals surface area contributed by atoms with Gasteiger partial charge in [0.05, 0.1) is 0 Å². The number of benzene rings is 1. The summed E-state index contributed by atoms with van der Waals surface area (Å²) in [6.45, 7) is 2.51. The van der Waals surface area contributed by atoms with E-state index < -0.39 is 0 Å². The van der Waals surface area contributed by atoms with E-state index in [1.807, 2.05) is 25.1 Å². The molecule has 19 heavy (non-hydrogen) atoms. The molecular weight excluding hydrogens is 242 g/mol. The van der Waals surface area contributed by atoms with Crippen LogP contribution in [0.3, 0.4) is 0 Å². The second-order valence-electron chi connectivity index (χ2n) is 4.29. The van der Waals surface area contributed by atoms with Gasteiger partial charge in [0.25, 0.3) is 5.91 Å². The zero-order chi connectivity index (χ0) is 13.7. The van der Waals surface area contributed by atoms with Crippen molar-refractivity contribution in [2.75, 3.05) is 6.54 Å². The quantitative estimate of drug-likeness (QED) is 0.867. The van der Waals surface area contributed by atoms with Crippen LogP contribution in [0.1, 0.15) is 28.8 Å². The Hall–Kier alpha value is -2.23. The molecule has 0 aliphatic carbocycles. The molecule has 4 nitrogen and oxygen atoms in total. The summed E-state index contributed by atoms with van der Waals surface area (Å²) in [6.07, 6.45) is 1.49. The summed E-state index contributed by atoms with van der Waals surface area (Å²) >= 11 is 0. The first-order valence-corrected chi connectivity index (χ1v) is 6.34. The van der Waals surface area contributed by atoms with Gasteiger partial charge in [-0.1, -0.05) is 19.1 Å². The normalized spacial score (nSPS) is 10.4. The van der Waals surface area contributed by atoms with Crippen molar-refractivity contribution in [1.82, 2.24) is 5.32 Å². The molecule has 1 aromatic heterocycles. The van der Waals surface area contributed by atoms with Crippen molar-refractivity contribution in [3.05, 3.63) is 53.5 Å². The molecule has 1 heterocycles. The summed E-state index contributed by atoms with van der Waals surface area (Å²) in [4.78, 5) is 11.8. The molecule has 0 bridgehead atoms. The molecule has 0 aliphatic rings. The molecule has 0 radical (unpaired) electrons. The van der Waals surface area contributed by atoms with Crippen LogP contribution in [-0.2, 0) is 12.8 Å². The van der Waals surface area contributed by atoms with E-state index in [2.05, 4.69) is 5.32 Å². The number of nitrogens with one attached hydrogen (secondary N) is 1. The summed E-state index contributed by atoms with van der Waals surface area (Å²) in [5.41, 5.74) is 1.06. The van der Waals surface area contributed by atoms with E-state index in [0.717, 1.165) is 17.7 Å². The van der Waals surface area contributed by atoms with Gasteiger partial charge in [0, 0.05) is 13.0 Å². The third kappa shape index (κ3) is 3.61. The van der Waals surface area contributed by atoms with Crippen LogP contribution in [0, 0.1) is 0 Å². The van der Waals surface area contributed by atoms with Crippen LogP contribution in [0.15, 0.2) is 40.8 Å². The number of rotatable bonds is 5. The van der Waals surface area contributed by atoms with Gasteiger partial charge in [-0.15, -0.1) is 0 Å². The molecule has 1 amide bonds. The van der Waals surface area contributed by atoms with Crippen LogP contribution < -0.4 is 5.32 Å². The van der Waals surface area contributed by atoms with Crippen LogP contribution >= 0.6 is 0 Å². The number of aryl methyl sites for hydroxylation is 1. The number of amides is 1. The Balaban J connectivity index is 1.82. The highest BCUT2D eigenvalue weighted by Gasteiger charge is 2.09. The Morgan fingerprint density at radius 2 is 1.95 bits per heavy atom. The van der Waals surface area contributed by atoms with Gasteiger partial charge < -0.3 is 14.8 Å². The number of aromatic hydroxyl groups is 1. The lowest BCUT2D eigenvalue weighted by atomic mass is 10.1. The highest BCUT2D eigenvalue weighted by Crippen LogP contribution is 2.10. The lowest BCUT2D eigenvalue weighted by Crippen LogP contribution is -2.25. The minimum atomic E-state index is -0.196. The summed E-state index contributed by atoms with van der Waals surface area (Å²) in [5.74, 6) is 1.21. The van der Waals surface area contributed by atoms with E-state index in [4.69, 9.17) is 9.52 Å². The minimum absolute atomic E-state index is 0.196. The predicted molar refractivity (Wildman–Crippen MR) is 72.2 cm³/mol.